The molecule has 1 unspecified atom stereocenters. The van der Waals surface area contributed by atoms with Gasteiger partial charge in [-0.15, -0.1) is 11.6 Å². The number of nitrogens with one attached hydrogen (secondary N) is 1. The van der Waals surface area contributed by atoms with Gasteiger partial charge < -0.3 is 9.88 Å². The van der Waals surface area contributed by atoms with E-state index in [0.717, 1.165) is 37.4 Å². The number of benzene rings is 1. The minimum atomic E-state index is -0.392. The Hall–Kier alpha value is -1.82. The second kappa shape index (κ2) is 5.89. The zero-order valence-corrected chi connectivity index (χ0v) is 12.3. The molecule has 1 aliphatic heterocycles. The zero-order valence-electron chi connectivity index (χ0n) is 11.6. The van der Waals surface area contributed by atoms with Gasteiger partial charge in [-0.05, 0) is 31.2 Å². The van der Waals surface area contributed by atoms with Crippen molar-refractivity contribution < 1.29 is 4.92 Å². The normalized spacial score (nSPS) is 19.1. The summed E-state index contributed by atoms with van der Waals surface area (Å²) in [6.07, 6.45) is 3.34. The molecular formula is C14H17ClN4O2. The Morgan fingerprint density at radius 3 is 3.14 bits per heavy atom. The van der Waals surface area contributed by atoms with E-state index >= 15 is 0 Å². The van der Waals surface area contributed by atoms with E-state index in [1.54, 1.807) is 6.07 Å². The van der Waals surface area contributed by atoms with Crippen molar-refractivity contribution in [3.63, 3.8) is 0 Å². The number of fused-ring (bicyclic) bond motifs is 1. The van der Waals surface area contributed by atoms with Crippen molar-refractivity contribution in [1.29, 1.82) is 0 Å². The maximum atomic E-state index is 10.8. The molecule has 0 spiro atoms. The van der Waals surface area contributed by atoms with Crippen LogP contribution < -0.4 is 4.90 Å². The predicted molar refractivity (Wildman–Crippen MR) is 83.0 cm³/mol. The number of nitro groups is 1. The van der Waals surface area contributed by atoms with Crippen LogP contribution in [0.15, 0.2) is 18.2 Å². The van der Waals surface area contributed by atoms with Gasteiger partial charge in [0.2, 0.25) is 5.95 Å². The highest BCUT2D eigenvalue weighted by atomic mass is 35.5. The maximum absolute atomic E-state index is 10.8. The van der Waals surface area contributed by atoms with Crippen LogP contribution >= 0.6 is 11.6 Å². The maximum Gasteiger partial charge on any atom is 0.271 e. The summed E-state index contributed by atoms with van der Waals surface area (Å²) in [5.74, 6) is 2.08. The zero-order chi connectivity index (χ0) is 14.8. The molecule has 0 saturated carbocycles. The summed E-state index contributed by atoms with van der Waals surface area (Å²) in [7, 11) is 0. The Labute approximate surface area is 127 Å². The summed E-state index contributed by atoms with van der Waals surface area (Å²) >= 11 is 5.83. The molecule has 1 atom stereocenters. The number of halogens is 1. The van der Waals surface area contributed by atoms with Gasteiger partial charge >= 0.3 is 0 Å². The van der Waals surface area contributed by atoms with E-state index in [1.165, 1.54) is 18.6 Å². The molecule has 0 radical (unpaired) electrons. The molecule has 2 aromatic rings. The number of H-pyrrole nitrogens is 1. The number of aromatic nitrogens is 2. The van der Waals surface area contributed by atoms with Crippen molar-refractivity contribution in [2.45, 2.75) is 19.3 Å². The number of piperidine rings is 1. The number of imidazole rings is 1. The van der Waals surface area contributed by atoms with Crippen molar-refractivity contribution in [1.82, 2.24) is 9.97 Å². The molecule has 1 N–H and O–H groups in total. The number of rotatable bonds is 4. The smallest absolute Gasteiger partial charge is 0.271 e. The third kappa shape index (κ3) is 2.95. The van der Waals surface area contributed by atoms with E-state index in [2.05, 4.69) is 14.9 Å². The second-order valence-corrected chi connectivity index (χ2v) is 5.83. The summed E-state index contributed by atoms with van der Waals surface area (Å²) in [6.45, 7) is 1.90. The quantitative estimate of drug-likeness (QED) is 0.534. The van der Waals surface area contributed by atoms with Gasteiger partial charge in [0.05, 0.1) is 16.0 Å². The molecule has 6 nitrogen and oxygen atoms in total. The minimum absolute atomic E-state index is 0.0800. The molecule has 0 amide bonds. The molecule has 3 rings (SSSR count). The molecule has 1 aliphatic rings. The molecule has 1 aromatic heterocycles. The average Bonchev–Trinajstić information content (AvgIpc) is 2.91. The highest BCUT2D eigenvalue weighted by Crippen LogP contribution is 2.26. The fourth-order valence-corrected chi connectivity index (χ4v) is 3.20. The first kappa shape index (κ1) is 14.1. The van der Waals surface area contributed by atoms with Gasteiger partial charge in [0, 0.05) is 31.1 Å². The van der Waals surface area contributed by atoms with E-state index in [0.29, 0.717) is 17.3 Å². The van der Waals surface area contributed by atoms with E-state index in [4.69, 9.17) is 11.6 Å². The Morgan fingerprint density at radius 2 is 2.38 bits per heavy atom. The summed E-state index contributed by atoms with van der Waals surface area (Å²) in [5, 5.41) is 10.8. The predicted octanol–water partition coefficient (Wildman–Crippen LogP) is 3.32. The van der Waals surface area contributed by atoms with Crippen molar-refractivity contribution >= 4 is 34.3 Å². The monoisotopic (exact) mass is 308 g/mol. The third-order valence-electron chi connectivity index (χ3n) is 4.00. The Kier molecular flexibility index (Phi) is 3.96. The van der Waals surface area contributed by atoms with Crippen LogP contribution in [0.3, 0.4) is 0 Å². The highest BCUT2D eigenvalue weighted by Gasteiger charge is 2.22. The Bertz CT molecular complexity index is 655. The van der Waals surface area contributed by atoms with Gasteiger partial charge in [-0.3, -0.25) is 10.1 Å². The number of anilines is 1. The molecule has 1 aromatic carbocycles. The first-order valence-corrected chi connectivity index (χ1v) is 7.66. The van der Waals surface area contributed by atoms with Crippen LogP contribution in [-0.4, -0.2) is 33.9 Å². The largest absolute Gasteiger partial charge is 0.342 e. The van der Waals surface area contributed by atoms with Gasteiger partial charge in [0.1, 0.15) is 0 Å². The number of aromatic amines is 1. The van der Waals surface area contributed by atoms with Gasteiger partial charge in [0.15, 0.2) is 0 Å². The number of hydrogen-bond donors (Lipinski definition) is 1. The fourth-order valence-electron chi connectivity index (χ4n) is 2.89. The van der Waals surface area contributed by atoms with Crippen LogP contribution in [-0.2, 0) is 0 Å². The van der Waals surface area contributed by atoms with E-state index in [1.807, 2.05) is 0 Å². The molecule has 7 heteroatoms. The number of non-ortho nitro benzene ring substituents is 1. The summed E-state index contributed by atoms with van der Waals surface area (Å²) in [5.41, 5.74) is 1.55. The third-order valence-corrected chi connectivity index (χ3v) is 4.22. The summed E-state index contributed by atoms with van der Waals surface area (Å²) in [4.78, 5) is 20.4. The number of nitro benzene ring substituents is 1. The van der Waals surface area contributed by atoms with Crippen LogP contribution in [0.4, 0.5) is 11.6 Å². The fraction of sp³-hybridized carbons (Fsp3) is 0.500. The lowest BCUT2D eigenvalue weighted by Gasteiger charge is -2.32. The van der Waals surface area contributed by atoms with E-state index < -0.39 is 4.92 Å². The molecular weight excluding hydrogens is 292 g/mol. The lowest BCUT2D eigenvalue weighted by molar-refractivity contribution is -0.384. The van der Waals surface area contributed by atoms with Crippen molar-refractivity contribution in [3.05, 3.63) is 28.3 Å². The standard InChI is InChI=1S/C14H17ClN4O2/c15-6-5-10-2-1-7-18(9-10)14-16-12-4-3-11(19(20)21)8-13(12)17-14/h3-4,8,10H,1-2,5-7,9H2,(H,16,17). The SMILES string of the molecule is O=[N+]([O-])c1ccc2nc(N3CCCC(CCCl)C3)[nH]c2c1. The van der Waals surface area contributed by atoms with Gasteiger partial charge in [-0.25, -0.2) is 4.98 Å². The first-order valence-electron chi connectivity index (χ1n) is 7.12. The lowest BCUT2D eigenvalue weighted by atomic mass is 9.96. The number of hydrogen-bond acceptors (Lipinski definition) is 4. The average molecular weight is 309 g/mol. The van der Waals surface area contributed by atoms with Crippen LogP contribution in [0.5, 0.6) is 0 Å². The van der Waals surface area contributed by atoms with Gasteiger partial charge in [-0.2, -0.15) is 0 Å². The lowest BCUT2D eigenvalue weighted by Crippen LogP contribution is -2.36. The molecule has 2 heterocycles. The summed E-state index contributed by atoms with van der Waals surface area (Å²) in [6, 6.07) is 4.71. The van der Waals surface area contributed by atoms with Crippen LogP contribution in [0.25, 0.3) is 11.0 Å². The molecule has 21 heavy (non-hydrogen) atoms. The Morgan fingerprint density at radius 1 is 1.52 bits per heavy atom. The molecule has 1 saturated heterocycles. The first-order chi connectivity index (χ1) is 10.2. The van der Waals surface area contributed by atoms with E-state index in [9.17, 15) is 10.1 Å². The molecule has 112 valence electrons. The molecule has 0 aliphatic carbocycles. The molecule has 0 bridgehead atoms. The highest BCUT2D eigenvalue weighted by molar-refractivity contribution is 6.17. The van der Waals surface area contributed by atoms with E-state index in [-0.39, 0.29) is 5.69 Å². The van der Waals surface area contributed by atoms with Crippen molar-refractivity contribution in [2.75, 3.05) is 23.9 Å². The van der Waals surface area contributed by atoms with Gasteiger partial charge in [0.25, 0.3) is 5.69 Å². The number of nitrogens with zero attached hydrogens (tertiary/aromatic N) is 3. The second-order valence-electron chi connectivity index (χ2n) is 5.45. The van der Waals surface area contributed by atoms with Gasteiger partial charge in [-0.1, -0.05) is 0 Å². The van der Waals surface area contributed by atoms with Crippen LogP contribution in [0.2, 0.25) is 0 Å². The van der Waals surface area contributed by atoms with Crippen LogP contribution in [0, 0.1) is 16.0 Å². The topological polar surface area (TPSA) is 75.1 Å². The Balaban J connectivity index is 1.85. The van der Waals surface area contributed by atoms with Crippen LogP contribution in [0.1, 0.15) is 19.3 Å². The molecule has 1 fully saturated rings. The number of alkyl halides is 1. The minimum Gasteiger partial charge on any atom is -0.342 e. The van der Waals surface area contributed by atoms with Crippen molar-refractivity contribution in [3.8, 4) is 0 Å². The van der Waals surface area contributed by atoms with Crippen molar-refractivity contribution in [2.24, 2.45) is 5.92 Å². The summed E-state index contributed by atoms with van der Waals surface area (Å²) < 4.78 is 0.